The SMILES string of the molecule is O=P1(c2ccccc2)c2ccccc2-c2cc(N3c4ccccc4-c4cccc5cccc3c45)ccc21. The minimum absolute atomic E-state index is 0.885. The minimum Gasteiger partial charge on any atom is -0.309 e. The fraction of sp³-hybridized carbons (Fsp3) is 0. The molecule has 0 amide bonds. The molecule has 8 rings (SSSR count). The largest absolute Gasteiger partial charge is 0.309 e. The van der Waals surface area contributed by atoms with E-state index in [1.165, 1.54) is 27.6 Å². The molecular weight excluding hydrogens is 469 g/mol. The van der Waals surface area contributed by atoms with Gasteiger partial charge in [-0.25, -0.2) is 0 Å². The highest BCUT2D eigenvalue weighted by Gasteiger charge is 2.40. The molecule has 0 spiro atoms. The summed E-state index contributed by atoms with van der Waals surface area (Å²) in [7, 11) is -2.94. The van der Waals surface area contributed by atoms with Crippen LogP contribution in [0.2, 0.25) is 0 Å². The normalized spacial score (nSPS) is 16.8. The molecule has 0 radical (unpaired) electrons. The molecule has 2 heterocycles. The van der Waals surface area contributed by atoms with Crippen molar-refractivity contribution in [1.82, 2.24) is 0 Å². The van der Waals surface area contributed by atoms with E-state index in [4.69, 9.17) is 0 Å². The summed E-state index contributed by atoms with van der Waals surface area (Å²) in [6.45, 7) is 0. The van der Waals surface area contributed by atoms with E-state index in [2.05, 4.69) is 89.8 Å². The predicted molar refractivity (Wildman–Crippen MR) is 156 cm³/mol. The number of fused-ring (bicyclic) bond motifs is 5. The third-order valence-electron chi connectivity index (χ3n) is 7.79. The molecule has 0 aliphatic carbocycles. The molecule has 2 nitrogen and oxygen atoms in total. The van der Waals surface area contributed by atoms with E-state index in [1.54, 1.807) is 0 Å². The molecule has 0 N–H and O–H groups in total. The molecular formula is C34H22NOP. The molecule has 0 saturated heterocycles. The molecule has 6 aromatic carbocycles. The molecule has 0 bridgehead atoms. The van der Waals surface area contributed by atoms with Crippen LogP contribution in [-0.4, -0.2) is 0 Å². The Bertz CT molecular complexity index is 1920. The van der Waals surface area contributed by atoms with Gasteiger partial charge in [-0.1, -0.05) is 103 Å². The zero-order valence-electron chi connectivity index (χ0n) is 20.0. The molecule has 0 fully saturated rings. The number of para-hydroxylation sites is 1. The minimum atomic E-state index is -2.94. The molecule has 0 aromatic heterocycles. The number of nitrogens with zero attached hydrogens (tertiary/aromatic N) is 1. The van der Waals surface area contributed by atoms with Crippen molar-refractivity contribution in [1.29, 1.82) is 0 Å². The van der Waals surface area contributed by atoms with E-state index in [-0.39, 0.29) is 0 Å². The Morgan fingerprint density at radius 1 is 0.486 bits per heavy atom. The summed E-state index contributed by atoms with van der Waals surface area (Å²) in [5.41, 5.74) is 8.02. The number of hydrogen-bond donors (Lipinski definition) is 0. The van der Waals surface area contributed by atoms with Crippen molar-refractivity contribution in [2.75, 3.05) is 4.90 Å². The van der Waals surface area contributed by atoms with Crippen molar-refractivity contribution in [2.45, 2.75) is 0 Å². The van der Waals surface area contributed by atoms with Gasteiger partial charge in [0.1, 0.15) is 0 Å². The Labute approximate surface area is 215 Å². The van der Waals surface area contributed by atoms with Gasteiger partial charge < -0.3 is 9.46 Å². The molecule has 6 aromatic rings. The monoisotopic (exact) mass is 491 g/mol. The highest BCUT2D eigenvalue weighted by molar-refractivity contribution is 7.86. The fourth-order valence-electron chi connectivity index (χ4n) is 6.21. The smallest absolute Gasteiger partial charge is 0.172 e. The Balaban J connectivity index is 1.41. The Morgan fingerprint density at radius 3 is 2.00 bits per heavy atom. The van der Waals surface area contributed by atoms with Crippen LogP contribution < -0.4 is 20.8 Å². The first-order valence-electron chi connectivity index (χ1n) is 12.6. The maximum absolute atomic E-state index is 14.8. The van der Waals surface area contributed by atoms with Gasteiger partial charge in [-0.3, -0.25) is 0 Å². The first-order valence-corrected chi connectivity index (χ1v) is 14.3. The first-order chi connectivity index (χ1) is 18.2. The lowest BCUT2D eigenvalue weighted by Gasteiger charge is -2.33. The summed E-state index contributed by atoms with van der Waals surface area (Å²) in [6.07, 6.45) is 0. The van der Waals surface area contributed by atoms with Gasteiger partial charge in [-0.05, 0) is 52.4 Å². The average Bonchev–Trinajstić information content (AvgIpc) is 3.23. The summed E-state index contributed by atoms with van der Waals surface area (Å²) in [4.78, 5) is 2.36. The van der Waals surface area contributed by atoms with Gasteiger partial charge in [-0.2, -0.15) is 0 Å². The fourth-order valence-corrected chi connectivity index (χ4v) is 9.26. The van der Waals surface area contributed by atoms with Crippen molar-refractivity contribution in [3.63, 3.8) is 0 Å². The van der Waals surface area contributed by atoms with Gasteiger partial charge in [-0.15, -0.1) is 0 Å². The quantitative estimate of drug-likeness (QED) is 0.229. The molecule has 1 unspecified atom stereocenters. The average molecular weight is 492 g/mol. The van der Waals surface area contributed by atoms with Gasteiger partial charge in [0, 0.05) is 32.6 Å². The highest BCUT2D eigenvalue weighted by Crippen LogP contribution is 2.55. The number of benzene rings is 6. The highest BCUT2D eigenvalue weighted by atomic mass is 31.2. The molecule has 37 heavy (non-hydrogen) atoms. The van der Waals surface area contributed by atoms with Crippen LogP contribution in [0.15, 0.2) is 133 Å². The van der Waals surface area contributed by atoms with Crippen LogP contribution in [0.4, 0.5) is 17.1 Å². The number of hydrogen-bond acceptors (Lipinski definition) is 2. The van der Waals surface area contributed by atoms with Gasteiger partial charge in [0.25, 0.3) is 0 Å². The Kier molecular flexibility index (Phi) is 4.24. The molecule has 2 aliphatic rings. The Morgan fingerprint density at radius 2 is 1.14 bits per heavy atom. The third-order valence-corrected chi connectivity index (χ3v) is 11.0. The second-order valence-electron chi connectivity index (χ2n) is 9.70. The summed E-state index contributed by atoms with van der Waals surface area (Å²) >= 11 is 0. The summed E-state index contributed by atoms with van der Waals surface area (Å²) in [5.74, 6) is 0. The number of rotatable bonds is 2. The van der Waals surface area contributed by atoms with E-state index in [0.717, 1.165) is 38.4 Å². The first kappa shape index (κ1) is 20.8. The van der Waals surface area contributed by atoms with Crippen LogP contribution in [0, 0.1) is 0 Å². The van der Waals surface area contributed by atoms with E-state index < -0.39 is 7.14 Å². The Hall–Kier alpha value is -4.39. The van der Waals surface area contributed by atoms with E-state index in [1.807, 2.05) is 48.5 Å². The zero-order valence-corrected chi connectivity index (χ0v) is 20.9. The molecule has 3 heteroatoms. The van der Waals surface area contributed by atoms with Crippen LogP contribution >= 0.6 is 7.14 Å². The molecule has 1 atom stereocenters. The van der Waals surface area contributed by atoms with Crippen LogP contribution in [0.25, 0.3) is 33.0 Å². The van der Waals surface area contributed by atoms with E-state index in [9.17, 15) is 4.57 Å². The van der Waals surface area contributed by atoms with Crippen molar-refractivity contribution in [3.05, 3.63) is 133 Å². The number of anilines is 3. The van der Waals surface area contributed by atoms with Gasteiger partial charge in [0.2, 0.25) is 0 Å². The second-order valence-corrected chi connectivity index (χ2v) is 12.4. The topological polar surface area (TPSA) is 20.3 Å². The molecule has 174 valence electrons. The van der Waals surface area contributed by atoms with Crippen molar-refractivity contribution in [2.24, 2.45) is 0 Å². The lowest BCUT2D eigenvalue weighted by molar-refractivity contribution is 0.593. The third kappa shape index (κ3) is 2.74. The lowest BCUT2D eigenvalue weighted by atomic mass is 9.91. The van der Waals surface area contributed by atoms with Crippen LogP contribution in [0.3, 0.4) is 0 Å². The molecule has 2 aliphatic heterocycles. The van der Waals surface area contributed by atoms with E-state index in [0.29, 0.717) is 0 Å². The predicted octanol–water partition coefficient (Wildman–Crippen LogP) is 7.91. The van der Waals surface area contributed by atoms with Gasteiger partial charge in [0.05, 0.1) is 11.4 Å². The maximum atomic E-state index is 14.8. The lowest BCUT2D eigenvalue weighted by Crippen LogP contribution is -2.21. The second kappa shape index (κ2) is 7.56. The van der Waals surface area contributed by atoms with Crippen LogP contribution in [0.1, 0.15) is 0 Å². The standard InChI is InChI=1S/C34H22NOP/c36-37(25-12-2-1-3-13-25)32-19-7-5-15-27(32)29-22-24(20-21-33(29)37)35-30-17-6-4-14-26(30)28-16-8-10-23-11-9-18-31(35)34(23)28/h1-22H. The van der Waals surface area contributed by atoms with Gasteiger partial charge in [0.15, 0.2) is 7.14 Å². The van der Waals surface area contributed by atoms with Crippen molar-refractivity contribution in [3.8, 4) is 22.3 Å². The van der Waals surface area contributed by atoms with E-state index >= 15 is 0 Å². The van der Waals surface area contributed by atoms with Crippen LogP contribution in [0.5, 0.6) is 0 Å². The van der Waals surface area contributed by atoms with Gasteiger partial charge >= 0.3 is 0 Å². The zero-order chi connectivity index (χ0) is 24.6. The van der Waals surface area contributed by atoms with Crippen molar-refractivity contribution >= 4 is 50.9 Å². The summed E-state index contributed by atoms with van der Waals surface area (Å²) < 4.78 is 14.8. The van der Waals surface area contributed by atoms with Crippen LogP contribution in [-0.2, 0) is 4.57 Å². The van der Waals surface area contributed by atoms with Crippen molar-refractivity contribution < 1.29 is 4.57 Å². The summed E-state index contributed by atoms with van der Waals surface area (Å²) in [6, 6.07) is 46.3. The summed E-state index contributed by atoms with van der Waals surface area (Å²) in [5, 5.41) is 5.23. The maximum Gasteiger partial charge on any atom is 0.172 e. The molecule has 0 saturated carbocycles.